The van der Waals surface area contributed by atoms with Crippen LogP contribution in [0.1, 0.15) is 237 Å². The maximum absolute atomic E-state index is 2.59. The fourth-order valence-electron chi connectivity index (χ4n) is 17.2. The van der Waals surface area contributed by atoms with Crippen LogP contribution in [0.4, 0.5) is 0 Å². The molecular formula is C60H114. The average Bonchev–Trinajstić information content (AvgIpc) is 3.09. The van der Waals surface area contributed by atoms with Crippen molar-refractivity contribution in [1.82, 2.24) is 0 Å². The highest BCUT2D eigenvalue weighted by Crippen LogP contribution is 2.72. The lowest BCUT2D eigenvalue weighted by molar-refractivity contribution is -0.222. The third-order valence-electron chi connectivity index (χ3n) is 21.4. The molecule has 0 heteroatoms. The summed E-state index contributed by atoms with van der Waals surface area (Å²) in [5.74, 6) is 18.3. The topological polar surface area (TPSA) is 0 Å². The van der Waals surface area contributed by atoms with Gasteiger partial charge in [-0.1, -0.05) is 173 Å². The maximum Gasteiger partial charge on any atom is -0.0236 e. The first-order valence-electron chi connectivity index (χ1n) is 27.1. The molecule has 0 heterocycles. The van der Waals surface area contributed by atoms with Gasteiger partial charge in [0.2, 0.25) is 0 Å². The van der Waals surface area contributed by atoms with Crippen molar-refractivity contribution in [3.05, 3.63) is 0 Å². The maximum atomic E-state index is 2.59. The molecule has 0 aromatic heterocycles. The summed E-state index contributed by atoms with van der Waals surface area (Å²) in [7, 11) is 0. The first-order chi connectivity index (χ1) is 27.1. The highest BCUT2D eigenvalue weighted by Gasteiger charge is 2.65. The minimum absolute atomic E-state index is 0.465. The summed E-state index contributed by atoms with van der Waals surface area (Å²) < 4.78 is 0. The standard InChI is InChI=1S/C17H32.C15H28.C15H30.C13H24/c1-11(2)17(8)13(15(3,4)5)9-12-10-14(17)16(12,6)7;1-9(2)12-7-11-8-13(15(11,5)6)14(12)10(3)4;1-11(2)12-8-9-15(6,7)10-13(12)14(3,4)5;1-8(2)12-7-10-5-11(6-10)13(12)9(3)4/h11-14H,9-10H2,1-8H3;9-14H,7-8H2,1-6H3;11-13H,8-10H2,1-7H3;8-13H,5-7H2,1-4H3. The van der Waals surface area contributed by atoms with Gasteiger partial charge in [-0.25, -0.2) is 0 Å². The first kappa shape index (κ1) is 52.6. The summed E-state index contributed by atoms with van der Waals surface area (Å²) in [5, 5.41) is 0. The number of rotatable bonds is 6. The molecule has 10 rings (SSSR count). The van der Waals surface area contributed by atoms with Crippen molar-refractivity contribution in [1.29, 1.82) is 0 Å². The van der Waals surface area contributed by atoms with Gasteiger partial charge in [-0.05, 0) is 209 Å². The molecule has 10 saturated carbocycles. The van der Waals surface area contributed by atoms with Crippen LogP contribution in [-0.2, 0) is 0 Å². The monoisotopic (exact) mass is 835 g/mol. The van der Waals surface area contributed by atoms with Crippen LogP contribution in [0.5, 0.6) is 0 Å². The summed E-state index contributed by atoms with van der Waals surface area (Å²) in [6.07, 6.45) is 14.9. The molecule has 12 unspecified atom stereocenters. The second kappa shape index (κ2) is 18.7. The highest BCUT2D eigenvalue weighted by atomic mass is 14.7. The van der Waals surface area contributed by atoms with Gasteiger partial charge in [-0.3, -0.25) is 0 Å². The van der Waals surface area contributed by atoms with Gasteiger partial charge >= 0.3 is 0 Å². The molecule has 0 aliphatic heterocycles. The van der Waals surface area contributed by atoms with E-state index in [2.05, 4.69) is 173 Å². The molecule has 354 valence electrons. The summed E-state index contributed by atoms with van der Waals surface area (Å²) in [5.41, 5.74) is 3.31. The quantitative estimate of drug-likeness (QED) is 0.250. The zero-order valence-electron chi connectivity index (χ0n) is 46.0. The zero-order chi connectivity index (χ0) is 46.0. The molecular weight excluding hydrogens is 721 g/mol. The summed E-state index contributed by atoms with van der Waals surface area (Å²) >= 11 is 0. The second-order valence-electron chi connectivity index (χ2n) is 30.2. The smallest absolute Gasteiger partial charge is 0.0236 e. The van der Waals surface area contributed by atoms with Gasteiger partial charge < -0.3 is 0 Å². The molecule has 10 aliphatic carbocycles. The number of hydrogen-bond donors (Lipinski definition) is 0. The Hall–Kier alpha value is 0. The molecule has 0 nitrogen and oxygen atoms in total. The fraction of sp³-hybridized carbons (Fsp3) is 1.00. The predicted octanol–water partition coefficient (Wildman–Crippen LogP) is 19.1. The van der Waals surface area contributed by atoms with Crippen LogP contribution in [0, 0.1) is 145 Å². The van der Waals surface area contributed by atoms with E-state index in [1.54, 1.807) is 12.8 Å². The number of hydrogen-bond acceptors (Lipinski definition) is 0. The second-order valence-corrected chi connectivity index (χ2v) is 30.2. The van der Waals surface area contributed by atoms with Gasteiger partial charge in [0, 0.05) is 0 Å². The Balaban J connectivity index is 0.000000177. The molecule has 0 radical (unpaired) electrons. The van der Waals surface area contributed by atoms with Crippen LogP contribution in [0.15, 0.2) is 0 Å². The lowest BCUT2D eigenvalue weighted by atomic mass is 9.34. The minimum Gasteiger partial charge on any atom is -0.0625 e. The van der Waals surface area contributed by atoms with Crippen molar-refractivity contribution in [2.45, 2.75) is 237 Å². The third kappa shape index (κ3) is 10.7. The molecule has 0 saturated heterocycles. The van der Waals surface area contributed by atoms with Gasteiger partial charge in [-0.15, -0.1) is 0 Å². The van der Waals surface area contributed by atoms with Gasteiger partial charge in [0.1, 0.15) is 0 Å². The van der Waals surface area contributed by atoms with Gasteiger partial charge in [-0.2, -0.15) is 0 Å². The molecule has 0 aromatic rings. The van der Waals surface area contributed by atoms with Crippen molar-refractivity contribution < 1.29 is 0 Å². The molecule has 10 aliphatic rings. The summed E-state index contributed by atoms with van der Waals surface area (Å²) in [4.78, 5) is 0. The molecule has 0 amide bonds. The van der Waals surface area contributed by atoms with E-state index >= 15 is 0 Å². The minimum atomic E-state index is 0.465. The Morgan fingerprint density at radius 1 is 0.467 bits per heavy atom. The van der Waals surface area contributed by atoms with E-state index < -0.39 is 0 Å². The van der Waals surface area contributed by atoms with Crippen molar-refractivity contribution in [3.63, 3.8) is 0 Å². The van der Waals surface area contributed by atoms with E-state index in [4.69, 9.17) is 0 Å². The van der Waals surface area contributed by atoms with Crippen LogP contribution in [0.25, 0.3) is 0 Å². The van der Waals surface area contributed by atoms with Gasteiger partial charge in [0.15, 0.2) is 0 Å². The van der Waals surface area contributed by atoms with Crippen LogP contribution in [0.2, 0.25) is 0 Å². The zero-order valence-corrected chi connectivity index (χ0v) is 46.0. The molecule has 6 bridgehead atoms. The fourth-order valence-corrected chi connectivity index (χ4v) is 17.2. The van der Waals surface area contributed by atoms with Crippen molar-refractivity contribution in [3.8, 4) is 0 Å². The third-order valence-corrected chi connectivity index (χ3v) is 21.4. The molecule has 60 heavy (non-hydrogen) atoms. The molecule has 0 N–H and O–H groups in total. The van der Waals surface area contributed by atoms with E-state index in [1.165, 1.54) is 51.4 Å². The van der Waals surface area contributed by atoms with Crippen LogP contribution in [-0.4, -0.2) is 0 Å². The Bertz CT molecular complexity index is 1320. The van der Waals surface area contributed by atoms with Gasteiger partial charge in [0.25, 0.3) is 0 Å². The van der Waals surface area contributed by atoms with Crippen LogP contribution < -0.4 is 0 Å². The summed E-state index contributed by atoms with van der Waals surface area (Å²) in [6.45, 7) is 61.3. The lowest BCUT2D eigenvalue weighted by Gasteiger charge is -2.71. The van der Waals surface area contributed by atoms with E-state index in [9.17, 15) is 0 Å². The van der Waals surface area contributed by atoms with Crippen molar-refractivity contribution in [2.75, 3.05) is 0 Å². The highest BCUT2D eigenvalue weighted by molar-refractivity contribution is 5.14. The average molecular weight is 836 g/mol. The summed E-state index contributed by atoms with van der Waals surface area (Å²) in [6, 6.07) is 0. The largest absolute Gasteiger partial charge is 0.0625 e. The van der Waals surface area contributed by atoms with E-state index in [0.717, 1.165) is 112 Å². The van der Waals surface area contributed by atoms with Gasteiger partial charge in [0.05, 0.1) is 0 Å². The van der Waals surface area contributed by atoms with Crippen molar-refractivity contribution in [2.24, 2.45) is 145 Å². The molecule has 0 spiro atoms. The first-order valence-corrected chi connectivity index (χ1v) is 27.1. The Morgan fingerprint density at radius 2 is 0.950 bits per heavy atom. The van der Waals surface area contributed by atoms with E-state index in [0.29, 0.717) is 32.5 Å². The Morgan fingerprint density at radius 3 is 1.33 bits per heavy atom. The van der Waals surface area contributed by atoms with Crippen molar-refractivity contribution >= 4 is 0 Å². The molecule has 10 fully saturated rings. The number of fused-ring (bicyclic) bond motifs is 6. The van der Waals surface area contributed by atoms with E-state index in [-0.39, 0.29) is 0 Å². The SMILES string of the molecule is CC(C)C1(C)C(C(C)(C)C)CC2CC1C2(C)C.CC(C)C1CC2CC(C1C(C)C)C2(C)C.CC(C)C1CC2CC(C2)C1C(C)C.CC(C)C1CCC(C)(C)CC1C(C)(C)C. The van der Waals surface area contributed by atoms with Crippen LogP contribution in [0.3, 0.4) is 0 Å². The molecule has 0 aromatic carbocycles. The predicted molar refractivity (Wildman–Crippen MR) is 269 cm³/mol. The molecule has 12 atom stereocenters. The van der Waals surface area contributed by atoms with E-state index in [1.807, 2.05) is 0 Å². The Labute approximate surface area is 380 Å². The van der Waals surface area contributed by atoms with Crippen LogP contribution >= 0.6 is 0 Å². The lowest BCUT2D eigenvalue weighted by Crippen LogP contribution is -2.64. The Kier molecular flexibility index (Phi) is 16.4. The normalized spacial score (nSPS) is 41.0.